The number of aliphatic imine (C=N–C) groups is 1. The number of anilines is 1. The Morgan fingerprint density at radius 2 is 2.03 bits per heavy atom. The van der Waals surface area contributed by atoms with Crippen LogP contribution >= 0.6 is 11.6 Å². The molecule has 152 valence electrons. The number of carboxylic acids is 1. The Morgan fingerprint density at radius 3 is 2.66 bits per heavy atom. The summed E-state index contributed by atoms with van der Waals surface area (Å²) in [5, 5.41) is 9.58. The maximum absolute atomic E-state index is 11.2. The fraction of sp³-hybridized carbons (Fsp3) is 0.304. The van der Waals surface area contributed by atoms with Gasteiger partial charge in [0, 0.05) is 35.6 Å². The Kier molecular flexibility index (Phi) is 5.71. The molecule has 2 aromatic carbocycles. The first kappa shape index (κ1) is 20.9. The Balaban J connectivity index is 2.09. The lowest BCUT2D eigenvalue weighted by molar-refractivity contribution is 0.0697. The van der Waals surface area contributed by atoms with Gasteiger partial charge in [0.1, 0.15) is 5.75 Å². The number of likely N-dealkylation sites (N-methyl/N-ethyl adjacent to an activating group) is 1. The van der Waals surface area contributed by atoms with E-state index < -0.39 is 5.97 Å². The molecule has 0 bridgehead atoms. The van der Waals surface area contributed by atoms with Crippen LogP contribution in [0.3, 0.4) is 0 Å². The van der Waals surface area contributed by atoms with Crippen molar-refractivity contribution in [3.8, 4) is 5.75 Å². The summed E-state index contributed by atoms with van der Waals surface area (Å²) in [6.45, 7) is 9.51. The molecule has 1 N–H and O–H groups in total. The van der Waals surface area contributed by atoms with E-state index in [0.29, 0.717) is 16.5 Å². The van der Waals surface area contributed by atoms with E-state index in [1.165, 1.54) is 23.8 Å². The number of fused-ring (bicyclic) bond motifs is 1. The number of rotatable bonds is 5. The van der Waals surface area contributed by atoms with E-state index in [-0.39, 0.29) is 11.1 Å². The molecule has 0 saturated heterocycles. The molecule has 0 saturated carbocycles. The summed E-state index contributed by atoms with van der Waals surface area (Å²) >= 11 is 6.19. The fourth-order valence-corrected chi connectivity index (χ4v) is 4.03. The predicted molar refractivity (Wildman–Crippen MR) is 119 cm³/mol. The van der Waals surface area contributed by atoms with E-state index in [2.05, 4.69) is 49.7 Å². The number of carboxylic acid groups (broad SMARTS) is 1. The van der Waals surface area contributed by atoms with Crippen LogP contribution in [0.15, 0.2) is 41.4 Å². The molecule has 0 unspecified atom stereocenters. The third-order valence-electron chi connectivity index (χ3n) is 5.18. The molecule has 1 aliphatic heterocycles. The van der Waals surface area contributed by atoms with Crippen molar-refractivity contribution in [2.45, 2.75) is 33.2 Å². The van der Waals surface area contributed by atoms with Gasteiger partial charge in [-0.3, -0.25) is 4.99 Å². The van der Waals surface area contributed by atoms with Gasteiger partial charge in [0.05, 0.1) is 28.9 Å². The first-order valence-electron chi connectivity index (χ1n) is 9.44. The van der Waals surface area contributed by atoms with Gasteiger partial charge in [-0.05, 0) is 57.5 Å². The zero-order valence-corrected chi connectivity index (χ0v) is 18.0. The molecule has 0 amide bonds. The molecule has 0 fully saturated rings. The van der Waals surface area contributed by atoms with Gasteiger partial charge in [0.2, 0.25) is 0 Å². The van der Waals surface area contributed by atoms with Crippen LogP contribution in [0.4, 0.5) is 11.4 Å². The lowest BCUT2D eigenvalue weighted by Crippen LogP contribution is -2.44. The van der Waals surface area contributed by atoms with Crippen molar-refractivity contribution >= 4 is 40.7 Å². The summed E-state index contributed by atoms with van der Waals surface area (Å²) in [6.07, 6.45) is 3.93. The van der Waals surface area contributed by atoms with E-state index in [1.807, 2.05) is 6.07 Å². The highest BCUT2D eigenvalue weighted by molar-refractivity contribution is 6.33. The Labute approximate surface area is 176 Å². The van der Waals surface area contributed by atoms with Gasteiger partial charge in [-0.1, -0.05) is 17.7 Å². The van der Waals surface area contributed by atoms with Gasteiger partial charge in [-0.15, -0.1) is 0 Å². The molecule has 0 aromatic heterocycles. The number of hydrogen-bond acceptors (Lipinski definition) is 4. The van der Waals surface area contributed by atoms with Gasteiger partial charge < -0.3 is 14.7 Å². The molecule has 2 aromatic rings. The van der Waals surface area contributed by atoms with Crippen molar-refractivity contribution < 1.29 is 14.6 Å². The molecule has 0 aliphatic carbocycles. The number of aromatic carboxylic acids is 1. The Morgan fingerprint density at radius 1 is 1.31 bits per heavy atom. The van der Waals surface area contributed by atoms with Crippen LogP contribution in [-0.2, 0) is 0 Å². The number of methoxy groups -OCH3 is 1. The minimum Gasteiger partial charge on any atom is -0.496 e. The highest BCUT2D eigenvalue weighted by atomic mass is 35.5. The third kappa shape index (κ3) is 4.01. The lowest BCUT2D eigenvalue weighted by Gasteiger charge is -2.43. The van der Waals surface area contributed by atoms with E-state index in [4.69, 9.17) is 16.3 Å². The number of hydrogen-bond donors (Lipinski definition) is 1. The van der Waals surface area contributed by atoms with Crippen molar-refractivity contribution in [2.24, 2.45) is 4.99 Å². The monoisotopic (exact) mass is 412 g/mol. The molecular formula is C23H25ClN2O3. The summed E-state index contributed by atoms with van der Waals surface area (Å²) in [5.74, 6) is -0.325. The molecule has 29 heavy (non-hydrogen) atoms. The summed E-state index contributed by atoms with van der Waals surface area (Å²) in [7, 11) is 1.63. The SMILES string of the molecule is CCN1c2cc(OC)c(C=Nc3cc(C(=O)O)ccc3Cl)cc2C(C)=CC1(C)C. The maximum atomic E-state index is 11.2. The van der Waals surface area contributed by atoms with Crippen molar-refractivity contribution in [3.05, 3.63) is 58.1 Å². The topological polar surface area (TPSA) is 62.1 Å². The minimum absolute atomic E-state index is 0.0861. The zero-order valence-electron chi connectivity index (χ0n) is 17.3. The van der Waals surface area contributed by atoms with Crippen LogP contribution < -0.4 is 9.64 Å². The number of carbonyl (C=O) groups is 1. The van der Waals surface area contributed by atoms with Gasteiger partial charge >= 0.3 is 5.97 Å². The van der Waals surface area contributed by atoms with Crippen LogP contribution in [0.2, 0.25) is 5.02 Å². The van der Waals surface area contributed by atoms with E-state index in [1.54, 1.807) is 13.3 Å². The van der Waals surface area contributed by atoms with Crippen LogP contribution in [0.5, 0.6) is 5.75 Å². The average molecular weight is 413 g/mol. The second-order valence-corrected chi connectivity index (χ2v) is 7.97. The van der Waals surface area contributed by atoms with Gasteiger partial charge in [0.15, 0.2) is 0 Å². The molecule has 5 nitrogen and oxygen atoms in total. The van der Waals surface area contributed by atoms with E-state index in [0.717, 1.165) is 23.4 Å². The average Bonchev–Trinajstić information content (AvgIpc) is 2.66. The molecule has 0 radical (unpaired) electrons. The summed E-state index contributed by atoms with van der Waals surface area (Å²) in [5.41, 5.74) is 4.69. The van der Waals surface area contributed by atoms with Crippen LogP contribution in [0, 0.1) is 0 Å². The second kappa shape index (κ2) is 7.91. The highest BCUT2D eigenvalue weighted by Gasteiger charge is 2.31. The smallest absolute Gasteiger partial charge is 0.335 e. The predicted octanol–water partition coefficient (Wildman–Crippen LogP) is 5.82. The number of nitrogens with zero attached hydrogens (tertiary/aromatic N) is 2. The summed E-state index contributed by atoms with van der Waals surface area (Å²) < 4.78 is 5.62. The number of benzene rings is 2. The Hall–Kier alpha value is -2.79. The number of ether oxygens (including phenoxy) is 1. The normalized spacial score (nSPS) is 15.2. The lowest BCUT2D eigenvalue weighted by atomic mass is 9.88. The van der Waals surface area contributed by atoms with Crippen molar-refractivity contribution in [2.75, 3.05) is 18.6 Å². The van der Waals surface area contributed by atoms with Crippen LogP contribution in [-0.4, -0.2) is 36.5 Å². The molecule has 3 rings (SSSR count). The van der Waals surface area contributed by atoms with Gasteiger partial charge in [-0.2, -0.15) is 0 Å². The van der Waals surface area contributed by atoms with Gasteiger partial charge in [0.25, 0.3) is 0 Å². The second-order valence-electron chi connectivity index (χ2n) is 7.57. The molecule has 0 atom stereocenters. The number of halogens is 1. The standard InChI is InChI=1S/C23H25ClN2O3/c1-6-26-20-11-21(29-5)16(9-17(20)14(2)12-23(26,3)4)13-25-19-10-15(22(27)28)7-8-18(19)24/h7-13H,6H2,1-5H3,(H,27,28). The molecule has 0 spiro atoms. The molecule has 6 heteroatoms. The van der Waals surface area contributed by atoms with Crippen molar-refractivity contribution in [3.63, 3.8) is 0 Å². The fourth-order valence-electron chi connectivity index (χ4n) is 3.86. The molecular weight excluding hydrogens is 388 g/mol. The zero-order chi connectivity index (χ0) is 21.3. The van der Waals surface area contributed by atoms with Gasteiger partial charge in [-0.25, -0.2) is 4.79 Å². The third-order valence-corrected chi connectivity index (χ3v) is 5.50. The van der Waals surface area contributed by atoms with E-state index in [9.17, 15) is 9.90 Å². The highest BCUT2D eigenvalue weighted by Crippen LogP contribution is 2.41. The quantitative estimate of drug-likeness (QED) is 0.628. The number of allylic oxidation sites excluding steroid dienone is 1. The minimum atomic E-state index is -1.02. The summed E-state index contributed by atoms with van der Waals surface area (Å²) in [6, 6.07) is 8.54. The first-order valence-corrected chi connectivity index (χ1v) is 9.82. The summed E-state index contributed by atoms with van der Waals surface area (Å²) in [4.78, 5) is 18.0. The van der Waals surface area contributed by atoms with Crippen molar-refractivity contribution in [1.29, 1.82) is 0 Å². The first-order chi connectivity index (χ1) is 13.7. The van der Waals surface area contributed by atoms with E-state index >= 15 is 0 Å². The molecule has 1 aliphatic rings. The van der Waals surface area contributed by atoms with Crippen LogP contribution in [0.1, 0.15) is 49.2 Å². The van der Waals surface area contributed by atoms with Crippen LogP contribution in [0.25, 0.3) is 5.57 Å². The maximum Gasteiger partial charge on any atom is 0.335 e. The largest absolute Gasteiger partial charge is 0.496 e. The molecule has 1 heterocycles. The Bertz CT molecular complexity index is 1030. The van der Waals surface area contributed by atoms with Crippen molar-refractivity contribution in [1.82, 2.24) is 0 Å².